The highest BCUT2D eigenvalue weighted by atomic mass is 16.3. The highest BCUT2D eigenvalue weighted by Gasteiger charge is 2.26. The maximum atomic E-state index is 12.5. The van der Waals surface area contributed by atoms with E-state index in [2.05, 4.69) is 20.2 Å². The van der Waals surface area contributed by atoms with Crippen molar-refractivity contribution < 1.29 is 9.21 Å². The molecular weight excluding hydrogens is 340 g/mol. The lowest BCUT2D eigenvalue weighted by atomic mass is 9.96. The lowest BCUT2D eigenvalue weighted by Crippen LogP contribution is -2.40. The third-order valence-corrected chi connectivity index (χ3v) is 4.86. The summed E-state index contributed by atoms with van der Waals surface area (Å²) in [5.41, 5.74) is 1.03. The Kier molecular flexibility index (Phi) is 5.14. The first-order chi connectivity index (χ1) is 13.3. The van der Waals surface area contributed by atoms with Crippen molar-refractivity contribution in [1.29, 1.82) is 0 Å². The van der Waals surface area contributed by atoms with Gasteiger partial charge < -0.3 is 14.6 Å². The van der Waals surface area contributed by atoms with E-state index in [0.29, 0.717) is 6.54 Å². The van der Waals surface area contributed by atoms with Crippen LogP contribution in [0.1, 0.15) is 18.6 Å². The minimum absolute atomic E-state index is 0.0218. The van der Waals surface area contributed by atoms with Gasteiger partial charge in [-0.25, -0.2) is 9.97 Å². The molecule has 3 aromatic rings. The number of furan rings is 1. The molecule has 0 aliphatic carbocycles. The van der Waals surface area contributed by atoms with Crippen LogP contribution in [0.2, 0.25) is 0 Å². The second-order valence-corrected chi connectivity index (χ2v) is 6.66. The zero-order valence-electron chi connectivity index (χ0n) is 15.0. The van der Waals surface area contributed by atoms with Crippen LogP contribution in [-0.2, 0) is 11.3 Å². The van der Waals surface area contributed by atoms with Gasteiger partial charge in [0.2, 0.25) is 11.9 Å². The first-order valence-corrected chi connectivity index (χ1v) is 9.23. The minimum Gasteiger partial charge on any atom is -0.459 e. The molecule has 0 bridgehead atoms. The fraction of sp³-hybridized carbons (Fsp3) is 0.286. The van der Waals surface area contributed by atoms with Crippen molar-refractivity contribution in [1.82, 2.24) is 15.3 Å². The van der Waals surface area contributed by atoms with E-state index in [1.54, 1.807) is 12.4 Å². The van der Waals surface area contributed by atoms with E-state index in [1.807, 2.05) is 48.5 Å². The van der Waals surface area contributed by atoms with Crippen molar-refractivity contribution in [3.05, 3.63) is 66.7 Å². The molecule has 1 aromatic carbocycles. The quantitative estimate of drug-likeness (QED) is 0.754. The van der Waals surface area contributed by atoms with Crippen molar-refractivity contribution in [3.8, 4) is 11.3 Å². The molecule has 1 fully saturated rings. The van der Waals surface area contributed by atoms with Crippen LogP contribution in [0.3, 0.4) is 0 Å². The number of carbonyl (C=O) groups excluding carboxylic acids is 1. The molecule has 0 atom stereocenters. The number of nitrogens with zero attached hydrogens (tertiary/aromatic N) is 3. The molecule has 1 saturated heterocycles. The Bertz CT molecular complexity index is 871. The molecule has 2 aromatic heterocycles. The van der Waals surface area contributed by atoms with Crippen LogP contribution in [0.5, 0.6) is 0 Å². The highest BCUT2D eigenvalue weighted by molar-refractivity contribution is 5.78. The molecule has 1 amide bonds. The zero-order valence-corrected chi connectivity index (χ0v) is 15.0. The molecule has 4 rings (SSSR count). The average molecular weight is 362 g/mol. The fourth-order valence-corrected chi connectivity index (χ4v) is 3.35. The summed E-state index contributed by atoms with van der Waals surface area (Å²) in [5, 5.41) is 3.01. The molecule has 1 aliphatic rings. The second kappa shape index (κ2) is 8.03. The van der Waals surface area contributed by atoms with E-state index < -0.39 is 0 Å². The molecule has 6 nitrogen and oxygen atoms in total. The smallest absolute Gasteiger partial charge is 0.225 e. The predicted octanol–water partition coefficient (Wildman–Crippen LogP) is 3.27. The van der Waals surface area contributed by atoms with E-state index in [-0.39, 0.29) is 11.8 Å². The van der Waals surface area contributed by atoms with Gasteiger partial charge in [-0.2, -0.15) is 0 Å². The molecule has 0 spiro atoms. The molecule has 6 heteroatoms. The van der Waals surface area contributed by atoms with E-state index in [9.17, 15) is 4.79 Å². The summed E-state index contributed by atoms with van der Waals surface area (Å²) in [5.74, 6) is 2.42. The summed E-state index contributed by atoms with van der Waals surface area (Å²) in [6.45, 7) is 2.00. The average Bonchev–Trinajstić information content (AvgIpc) is 3.22. The van der Waals surface area contributed by atoms with Crippen LogP contribution in [0, 0.1) is 5.92 Å². The Hall–Kier alpha value is -3.15. The molecule has 0 radical (unpaired) electrons. The van der Waals surface area contributed by atoms with Gasteiger partial charge in [0.1, 0.15) is 11.5 Å². The Morgan fingerprint density at radius 1 is 1.04 bits per heavy atom. The third kappa shape index (κ3) is 4.16. The van der Waals surface area contributed by atoms with Crippen molar-refractivity contribution >= 4 is 11.9 Å². The Morgan fingerprint density at radius 3 is 2.52 bits per heavy atom. The molecule has 1 N–H and O–H groups in total. The summed E-state index contributed by atoms with van der Waals surface area (Å²) >= 11 is 0. The minimum atomic E-state index is 0.0218. The monoisotopic (exact) mass is 362 g/mol. The number of aromatic nitrogens is 2. The summed E-state index contributed by atoms with van der Waals surface area (Å²) in [4.78, 5) is 23.2. The zero-order chi connectivity index (χ0) is 18.5. The first-order valence-electron chi connectivity index (χ1n) is 9.23. The fourth-order valence-electron chi connectivity index (χ4n) is 3.35. The van der Waals surface area contributed by atoms with Crippen LogP contribution in [0.25, 0.3) is 11.3 Å². The summed E-state index contributed by atoms with van der Waals surface area (Å²) in [7, 11) is 0. The van der Waals surface area contributed by atoms with E-state index in [0.717, 1.165) is 49.0 Å². The van der Waals surface area contributed by atoms with Gasteiger partial charge >= 0.3 is 0 Å². The van der Waals surface area contributed by atoms with Gasteiger partial charge in [0.15, 0.2) is 0 Å². The molecular formula is C21H22N4O2. The van der Waals surface area contributed by atoms with Crippen LogP contribution in [0.15, 0.2) is 65.3 Å². The summed E-state index contributed by atoms with van der Waals surface area (Å²) in [6, 6.07) is 15.6. The number of piperidine rings is 1. The molecule has 0 unspecified atom stereocenters. The normalized spacial score (nSPS) is 14.9. The number of hydrogen-bond donors (Lipinski definition) is 1. The van der Waals surface area contributed by atoms with Crippen LogP contribution in [-0.4, -0.2) is 29.0 Å². The number of carbonyl (C=O) groups is 1. The lowest BCUT2D eigenvalue weighted by Gasteiger charge is -2.31. The Balaban J connectivity index is 1.27. The van der Waals surface area contributed by atoms with E-state index >= 15 is 0 Å². The van der Waals surface area contributed by atoms with Crippen LogP contribution < -0.4 is 10.2 Å². The topological polar surface area (TPSA) is 71.3 Å². The number of nitrogens with one attached hydrogen (secondary N) is 1. The SMILES string of the molecule is O=C(NCc1ccc(-c2ccccc2)o1)C1CCN(c2ncccn2)CC1. The van der Waals surface area contributed by atoms with Crippen molar-refractivity contribution in [2.75, 3.05) is 18.0 Å². The lowest BCUT2D eigenvalue weighted by molar-refractivity contribution is -0.125. The number of anilines is 1. The predicted molar refractivity (Wildman–Crippen MR) is 103 cm³/mol. The van der Waals surface area contributed by atoms with Gasteiger partial charge in [-0.05, 0) is 31.0 Å². The number of benzene rings is 1. The maximum absolute atomic E-state index is 12.5. The molecule has 1 aliphatic heterocycles. The molecule has 138 valence electrons. The maximum Gasteiger partial charge on any atom is 0.225 e. The number of amides is 1. The van der Waals surface area contributed by atoms with Crippen molar-refractivity contribution in [3.63, 3.8) is 0 Å². The number of hydrogen-bond acceptors (Lipinski definition) is 5. The van der Waals surface area contributed by atoms with Crippen molar-refractivity contribution in [2.24, 2.45) is 5.92 Å². The van der Waals surface area contributed by atoms with Crippen molar-refractivity contribution in [2.45, 2.75) is 19.4 Å². The third-order valence-electron chi connectivity index (χ3n) is 4.86. The first kappa shape index (κ1) is 17.3. The Morgan fingerprint density at radius 2 is 1.78 bits per heavy atom. The van der Waals surface area contributed by atoms with Gasteiger partial charge in [-0.1, -0.05) is 30.3 Å². The molecule has 27 heavy (non-hydrogen) atoms. The second-order valence-electron chi connectivity index (χ2n) is 6.66. The highest BCUT2D eigenvalue weighted by Crippen LogP contribution is 2.23. The van der Waals surface area contributed by atoms with E-state index in [4.69, 9.17) is 4.42 Å². The van der Waals surface area contributed by atoms with Crippen LogP contribution >= 0.6 is 0 Å². The van der Waals surface area contributed by atoms with Gasteiger partial charge in [0.25, 0.3) is 0 Å². The van der Waals surface area contributed by atoms with Crippen LogP contribution in [0.4, 0.5) is 5.95 Å². The molecule has 3 heterocycles. The van der Waals surface area contributed by atoms with Gasteiger partial charge in [0, 0.05) is 37.0 Å². The number of rotatable bonds is 5. The van der Waals surface area contributed by atoms with Gasteiger partial charge in [-0.15, -0.1) is 0 Å². The van der Waals surface area contributed by atoms with E-state index in [1.165, 1.54) is 0 Å². The summed E-state index contributed by atoms with van der Waals surface area (Å²) < 4.78 is 5.84. The molecule has 0 saturated carbocycles. The largest absolute Gasteiger partial charge is 0.459 e. The van der Waals surface area contributed by atoms with Gasteiger partial charge in [-0.3, -0.25) is 4.79 Å². The standard InChI is InChI=1S/C21H22N4O2/c26-20(17-9-13-25(14-10-17)21-22-11-4-12-23-21)24-15-18-7-8-19(27-18)16-5-2-1-3-6-16/h1-8,11-12,17H,9-10,13-15H2,(H,24,26). The Labute approximate surface area is 158 Å². The van der Waals surface area contributed by atoms with Gasteiger partial charge in [0.05, 0.1) is 6.54 Å². The summed E-state index contributed by atoms with van der Waals surface area (Å²) in [6.07, 6.45) is 5.09.